The molecule has 1 N–H and O–H groups in total. The van der Waals surface area contributed by atoms with Crippen LogP contribution in [0.15, 0.2) is 24.3 Å². The summed E-state index contributed by atoms with van der Waals surface area (Å²) in [6.45, 7) is 3.97. The topological polar surface area (TPSA) is 66.5 Å². The lowest BCUT2D eigenvalue weighted by molar-refractivity contribution is -0.121. The second-order valence-electron chi connectivity index (χ2n) is 4.78. The van der Waals surface area contributed by atoms with E-state index in [9.17, 15) is 14.4 Å². The molecule has 2 amide bonds. The third-order valence-corrected chi connectivity index (χ3v) is 2.89. The molecule has 2 rings (SSSR count). The van der Waals surface area contributed by atoms with Crippen LogP contribution in [-0.4, -0.2) is 30.2 Å². The third kappa shape index (κ3) is 2.65. The molecule has 1 heterocycles. The molecule has 0 radical (unpaired) electrons. The molecule has 0 spiro atoms. The fraction of sp³-hybridized carbons (Fsp3) is 0.357. The van der Waals surface area contributed by atoms with Gasteiger partial charge in [0, 0.05) is 19.0 Å². The lowest BCUT2D eigenvalue weighted by atomic mass is 10.1. The lowest BCUT2D eigenvalue weighted by Gasteiger charge is -2.16. The molecule has 0 unspecified atom stereocenters. The first kappa shape index (κ1) is 13.3. The molecule has 5 nitrogen and oxygen atoms in total. The first-order valence-corrected chi connectivity index (χ1v) is 6.25. The quantitative estimate of drug-likeness (QED) is 0.825. The van der Waals surface area contributed by atoms with E-state index in [-0.39, 0.29) is 24.9 Å². The first-order chi connectivity index (χ1) is 9.00. The number of carbonyl (C=O) groups excluding carboxylic acids is 3. The van der Waals surface area contributed by atoms with Gasteiger partial charge in [0.15, 0.2) is 0 Å². The number of benzene rings is 1. The molecule has 0 saturated carbocycles. The highest BCUT2D eigenvalue weighted by atomic mass is 16.2. The van der Waals surface area contributed by atoms with Gasteiger partial charge < -0.3 is 10.2 Å². The van der Waals surface area contributed by atoms with E-state index >= 15 is 0 Å². The molecule has 1 aliphatic heterocycles. The lowest BCUT2D eigenvalue weighted by Crippen LogP contribution is -2.36. The predicted molar refractivity (Wildman–Crippen MR) is 71.0 cm³/mol. The van der Waals surface area contributed by atoms with Crippen molar-refractivity contribution < 1.29 is 14.4 Å². The molecule has 0 aromatic heterocycles. The van der Waals surface area contributed by atoms with E-state index in [1.807, 2.05) is 13.8 Å². The van der Waals surface area contributed by atoms with E-state index in [1.54, 1.807) is 24.3 Å². The largest absolute Gasteiger partial charge is 0.354 e. The summed E-state index contributed by atoms with van der Waals surface area (Å²) < 4.78 is 0. The van der Waals surface area contributed by atoms with E-state index in [0.29, 0.717) is 11.3 Å². The Labute approximate surface area is 111 Å². The van der Waals surface area contributed by atoms with Crippen LogP contribution in [0.5, 0.6) is 0 Å². The summed E-state index contributed by atoms with van der Waals surface area (Å²) >= 11 is 0. The number of anilines is 1. The summed E-state index contributed by atoms with van der Waals surface area (Å²) in [6, 6.07) is 6.91. The smallest absolute Gasteiger partial charge is 0.299 e. The van der Waals surface area contributed by atoms with Crippen LogP contribution in [0.1, 0.15) is 30.6 Å². The number of amides is 2. The van der Waals surface area contributed by atoms with E-state index in [0.717, 1.165) is 0 Å². The third-order valence-electron chi connectivity index (χ3n) is 2.89. The maximum absolute atomic E-state index is 11.8. The Morgan fingerprint density at radius 3 is 2.63 bits per heavy atom. The van der Waals surface area contributed by atoms with Gasteiger partial charge in [0.25, 0.3) is 11.7 Å². The number of ketones is 1. The van der Waals surface area contributed by atoms with Crippen LogP contribution in [-0.2, 0) is 9.59 Å². The molecule has 1 aromatic rings. The molecule has 19 heavy (non-hydrogen) atoms. The highest BCUT2D eigenvalue weighted by Crippen LogP contribution is 2.28. The van der Waals surface area contributed by atoms with Crippen LogP contribution < -0.4 is 10.2 Å². The molecular formula is C14H16N2O3. The van der Waals surface area contributed by atoms with Crippen LogP contribution in [0.25, 0.3) is 0 Å². The standard InChI is InChI=1S/C14H16N2O3/c1-9(2)15-12(17)7-8-16-11-6-4-3-5-10(11)13(18)14(16)19/h3-6,9H,7-8H2,1-2H3,(H,15,17). The number of para-hydroxylation sites is 1. The van der Waals surface area contributed by atoms with Gasteiger partial charge in [-0.15, -0.1) is 0 Å². The van der Waals surface area contributed by atoms with Crippen LogP contribution in [0.3, 0.4) is 0 Å². The van der Waals surface area contributed by atoms with Crippen molar-refractivity contribution in [2.24, 2.45) is 0 Å². The van der Waals surface area contributed by atoms with E-state index in [1.165, 1.54) is 4.90 Å². The Morgan fingerprint density at radius 2 is 1.95 bits per heavy atom. The average molecular weight is 260 g/mol. The molecule has 1 aliphatic rings. The minimum Gasteiger partial charge on any atom is -0.354 e. The van der Waals surface area contributed by atoms with Crippen molar-refractivity contribution in [2.75, 3.05) is 11.4 Å². The zero-order valence-electron chi connectivity index (χ0n) is 11.0. The van der Waals surface area contributed by atoms with Gasteiger partial charge in [-0.05, 0) is 26.0 Å². The molecule has 1 aromatic carbocycles. The van der Waals surface area contributed by atoms with Crippen molar-refractivity contribution in [1.29, 1.82) is 0 Å². The van der Waals surface area contributed by atoms with E-state index in [2.05, 4.69) is 5.32 Å². The molecule has 100 valence electrons. The monoisotopic (exact) mass is 260 g/mol. The van der Waals surface area contributed by atoms with Gasteiger partial charge in [-0.3, -0.25) is 14.4 Å². The SMILES string of the molecule is CC(C)NC(=O)CCN1C(=O)C(=O)c2ccccc21. The van der Waals surface area contributed by atoms with Gasteiger partial charge in [0.2, 0.25) is 5.91 Å². The molecular weight excluding hydrogens is 244 g/mol. The summed E-state index contributed by atoms with van der Waals surface area (Å²) in [6.07, 6.45) is 0.186. The minimum atomic E-state index is -0.557. The van der Waals surface area contributed by atoms with E-state index < -0.39 is 11.7 Å². The molecule has 0 saturated heterocycles. The van der Waals surface area contributed by atoms with Gasteiger partial charge in [-0.2, -0.15) is 0 Å². The number of nitrogens with one attached hydrogen (secondary N) is 1. The number of nitrogens with zero attached hydrogens (tertiary/aromatic N) is 1. The number of carbonyl (C=O) groups is 3. The molecule has 0 atom stereocenters. The summed E-state index contributed by atoms with van der Waals surface area (Å²) in [5.74, 6) is -1.18. The Morgan fingerprint density at radius 1 is 1.26 bits per heavy atom. The number of hydrogen-bond acceptors (Lipinski definition) is 3. The molecule has 0 fully saturated rings. The highest BCUT2D eigenvalue weighted by Gasteiger charge is 2.35. The molecule has 5 heteroatoms. The average Bonchev–Trinajstić information content (AvgIpc) is 2.60. The van der Waals surface area contributed by atoms with Crippen LogP contribution in [0.4, 0.5) is 5.69 Å². The van der Waals surface area contributed by atoms with Gasteiger partial charge >= 0.3 is 0 Å². The molecule has 0 aliphatic carbocycles. The zero-order chi connectivity index (χ0) is 14.0. The number of rotatable bonds is 4. The zero-order valence-corrected chi connectivity index (χ0v) is 11.0. The number of hydrogen-bond donors (Lipinski definition) is 1. The van der Waals surface area contributed by atoms with Gasteiger partial charge in [0.1, 0.15) is 0 Å². The van der Waals surface area contributed by atoms with Crippen molar-refractivity contribution in [1.82, 2.24) is 5.32 Å². The van der Waals surface area contributed by atoms with Gasteiger partial charge in [-0.25, -0.2) is 0 Å². The van der Waals surface area contributed by atoms with Crippen molar-refractivity contribution in [2.45, 2.75) is 26.3 Å². The Balaban J connectivity index is 2.07. The van der Waals surface area contributed by atoms with Crippen LogP contribution >= 0.6 is 0 Å². The predicted octanol–water partition coefficient (Wildman–Crippen LogP) is 1.13. The van der Waals surface area contributed by atoms with Crippen molar-refractivity contribution in [3.05, 3.63) is 29.8 Å². The Hall–Kier alpha value is -2.17. The maximum Gasteiger partial charge on any atom is 0.299 e. The number of Topliss-reactive ketones (excluding diaryl/α,β-unsaturated/α-hetero) is 1. The fourth-order valence-corrected chi connectivity index (χ4v) is 2.08. The minimum absolute atomic E-state index is 0.0655. The summed E-state index contributed by atoms with van der Waals surface area (Å²) in [5, 5.41) is 2.75. The fourth-order valence-electron chi connectivity index (χ4n) is 2.08. The summed E-state index contributed by atoms with van der Waals surface area (Å²) in [7, 11) is 0. The van der Waals surface area contributed by atoms with Crippen LogP contribution in [0.2, 0.25) is 0 Å². The van der Waals surface area contributed by atoms with Crippen LogP contribution in [0, 0.1) is 0 Å². The first-order valence-electron chi connectivity index (χ1n) is 6.25. The molecule has 0 bridgehead atoms. The van der Waals surface area contributed by atoms with Crippen molar-refractivity contribution >= 4 is 23.3 Å². The number of fused-ring (bicyclic) bond motifs is 1. The normalized spacial score (nSPS) is 13.9. The Bertz CT molecular complexity index is 537. The highest BCUT2D eigenvalue weighted by molar-refractivity contribution is 6.52. The van der Waals surface area contributed by atoms with Crippen molar-refractivity contribution in [3.63, 3.8) is 0 Å². The van der Waals surface area contributed by atoms with Gasteiger partial charge in [0.05, 0.1) is 11.3 Å². The Kier molecular flexibility index (Phi) is 3.64. The maximum atomic E-state index is 11.8. The van der Waals surface area contributed by atoms with Gasteiger partial charge in [-0.1, -0.05) is 12.1 Å². The van der Waals surface area contributed by atoms with Crippen molar-refractivity contribution in [3.8, 4) is 0 Å². The second kappa shape index (κ2) is 5.22. The summed E-state index contributed by atoms with van der Waals surface area (Å²) in [5.41, 5.74) is 1.01. The van der Waals surface area contributed by atoms with E-state index in [4.69, 9.17) is 0 Å². The second-order valence-corrected chi connectivity index (χ2v) is 4.78. The summed E-state index contributed by atoms with van der Waals surface area (Å²) in [4.78, 5) is 36.5.